The summed E-state index contributed by atoms with van der Waals surface area (Å²) in [5.74, 6) is -0.436. The largest absolute Gasteiger partial charge is 0.488 e. The van der Waals surface area contributed by atoms with Crippen LogP contribution in [-0.4, -0.2) is 25.7 Å². The first-order valence-electron chi connectivity index (χ1n) is 10.2. The maximum Gasteiger partial charge on any atom is 0.356 e. The summed E-state index contributed by atoms with van der Waals surface area (Å²) in [6, 6.07) is 28.2. The zero-order valence-electron chi connectivity index (χ0n) is 17.4. The molecule has 0 aliphatic rings. The molecule has 0 fully saturated rings. The van der Waals surface area contributed by atoms with Gasteiger partial charge in [-0.3, -0.25) is 0 Å². The molecule has 2 aromatic heterocycles. The minimum Gasteiger partial charge on any atom is -0.488 e. The van der Waals surface area contributed by atoms with E-state index in [-0.39, 0.29) is 5.69 Å². The molecule has 0 unspecified atom stereocenters. The number of benzene rings is 3. The Hall–Kier alpha value is -4.16. The quantitative estimate of drug-likeness (QED) is 0.340. The first-order valence-corrected chi connectivity index (χ1v) is 10.6. The van der Waals surface area contributed by atoms with E-state index in [9.17, 15) is 9.90 Å². The number of carboxylic acid groups (broad SMARTS) is 1. The molecule has 0 radical (unpaired) electrons. The molecule has 2 heterocycles. The lowest BCUT2D eigenvalue weighted by atomic mass is 10.1. The standard InChI is InChI=1S/C26H18ClN3O3/c27-19-12-10-18(11-13-19)23-14-21(28-25-15-22(26(31)32)29-30(23)25)20-8-4-5-9-24(20)33-16-17-6-2-1-3-7-17/h1-15H,16H2,(H,31,32). The van der Waals surface area contributed by atoms with Gasteiger partial charge in [-0.05, 0) is 35.9 Å². The van der Waals surface area contributed by atoms with Gasteiger partial charge in [0.2, 0.25) is 0 Å². The first kappa shape index (κ1) is 20.7. The molecule has 0 saturated heterocycles. The van der Waals surface area contributed by atoms with Crippen LogP contribution < -0.4 is 4.74 Å². The van der Waals surface area contributed by atoms with Crippen molar-refractivity contribution in [2.24, 2.45) is 0 Å². The molecular formula is C26H18ClN3O3. The highest BCUT2D eigenvalue weighted by Crippen LogP contribution is 2.33. The Morgan fingerprint density at radius 1 is 0.939 bits per heavy atom. The number of fused-ring (bicyclic) bond motifs is 1. The average Bonchev–Trinajstić information content (AvgIpc) is 3.28. The zero-order valence-corrected chi connectivity index (χ0v) is 18.1. The Labute approximate surface area is 194 Å². The molecule has 33 heavy (non-hydrogen) atoms. The van der Waals surface area contributed by atoms with Crippen LogP contribution >= 0.6 is 11.6 Å². The summed E-state index contributed by atoms with van der Waals surface area (Å²) in [6.07, 6.45) is 0. The lowest BCUT2D eigenvalue weighted by Gasteiger charge is -2.13. The number of nitrogens with zero attached hydrogens (tertiary/aromatic N) is 3. The van der Waals surface area contributed by atoms with E-state index in [0.717, 1.165) is 16.7 Å². The van der Waals surface area contributed by atoms with Crippen molar-refractivity contribution in [3.8, 4) is 28.3 Å². The monoisotopic (exact) mass is 455 g/mol. The Kier molecular flexibility index (Phi) is 5.50. The van der Waals surface area contributed by atoms with E-state index >= 15 is 0 Å². The van der Waals surface area contributed by atoms with Crippen LogP contribution in [-0.2, 0) is 6.61 Å². The smallest absolute Gasteiger partial charge is 0.356 e. The fraction of sp³-hybridized carbons (Fsp3) is 0.0385. The first-order chi connectivity index (χ1) is 16.1. The summed E-state index contributed by atoms with van der Waals surface area (Å²) >= 11 is 6.07. The molecule has 6 nitrogen and oxygen atoms in total. The number of hydrogen-bond donors (Lipinski definition) is 1. The average molecular weight is 456 g/mol. The van der Waals surface area contributed by atoms with Crippen molar-refractivity contribution in [3.63, 3.8) is 0 Å². The van der Waals surface area contributed by atoms with E-state index in [1.165, 1.54) is 10.6 Å². The summed E-state index contributed by atoms with van der Waals surface area (Å²) in [4.78, 5) is 16.2. The van der Waals surface area contributed by atoms with Gasteiger partial charge in [-0.15, -0.1) is 0 Å². The fourth-order valence-electron chi connectivity index (χ4n) is 3.58. The number of aromatic nitrogens is 3. The molecular weight excluding hydrogens is 438 g/mol. The van der Waals surface area contributed by atoms with Crippen LogP contribution in [0.15, 0.2) is 91.0 Å². The van der Waals surface area contributed by atoms with Crippen LogP contribution in [0.5, 0.6) is 5.75 Å². The summed E-state index contributed by atoms with van der Waals surface area (Å²) < 4.78 is 7.65. The molecule has 0 aliphatic carbocycles. The van der Waals surface area contributed by atoms with Crippen LogP contribution in [0.4, 0.5) is 0 Å². The highest BCUT2D eigenvalue weighted by molar-refractivity contribution is 6.30. The van der Waals surface area contributed by atoms with Crippen LogP contribution in [0.2, 0.25) is 5.02 Å². The highest BCUT2D eigenvalue weighted by atomic mass is 35.5. The highest BCUT2D eigenvalue weighted by Gasteiger charge is 2.17. The number of aromatic carboxylic acids is 1. The van der Waals surface area contributed by atoms with Crippen molar-refractivity contribution in [2.75, 3.05) is 0 Å². The van der Waals surface area contributed by atoms with Gasteiger partial charge in [0, 0.05) is 22.2 Å². The molecule has 0 spiro atoms. The van der Waals surface area contributed by atoms with E-state index in [1.807, 2.05) is 72.8 Å². The predicted octanol–water partition coefficient (Wildman–Crippen LogP) is 5.99. The molecule has 5 aromatic rings. The molecule has 0 saturated carbocycles. The molecule has 0 atom stereocenters. The van der Waals surface area contributed by atoms with Crippen molar-refractivity contribution < 1.29 is 14.6 Å². The van der Waals surface area contributed by atoms with Crippen LogP contribution in [0, 0.1) is 0 Å². The Bertz CT molecular complexity index is 1450. The summed E-state index contributed by atoms with van der Waals surface area (Å²) in [6.45, 7) is 0.417. The molecule has 1 N–H and O–H groups in total. The molecule has 5 rings (SSSR count). The van der Waals surface area contributed by atoms with Gasteiger partial charge in [-0.2, -0.15) is 5.10 Å². The minimum absolute atomic E-state index is 0.0801. The second kappa shape index (κ2) is 8.76. The molecule has 0 aliphatic heterocycles. The van der Waals surface area contributed by atoms with Crippen molar-refractivity contribution in [1.82, 2.24) is 14.6 Å². The number of carbonyl (C=O) groups is 1. The summed E-state index contributed by atoms with van der Waals surface area (Å²) in [7, 11) is 0. The third kappa shape index (κ3) is 4.29. The van der Waals surface area contributed by atoms with E-state index in [4.69, 9.17) is 21.3 Å². The summed E-state index contributed by atoms with van der Waals surface area (Å²) in [5.41, 5.74) is 4.36. The van der Waals surface area contributed by atoms with Gasteiger partial charge in [0.1, 0.15) is 12.4 Å². The number of hydrogen-bond acceptors (Lipinski definition) is 4. The molecule has 0 bridgehead atoms. The Balaban J connectivity index is 1.63. The SMILES string of the molecule is O=C(O)c1cc2nc(-c3ccccc3OCc3ccccc3)cc(-c3ccc(Cl)cc3)n2n1. The van der Waals surface area contributed by atoms with E-state index in [0.29, 0.717) is 34.4 Å². The minimum atomic E-state index is -1.12. The molecule has 0 amide bonds. The van der Waals surface area contributed by atoms with Crippen molar-refractivity contribution >= 4 is 23.2 Å². The number of rotatable bonds is 6. The second-order valence-electron chi connectivity index (χ2n) is 7.41. The Morgan fingerprint density at radius 2 is 1.67 bits per heavy atom. The van der Waals surface area contributed by atoms with Crippen LogP contribution in [0.1, 0.15) is 16.1 Å². The second-order valence-corrected chi connectivity index (χ2v) is 7.85. The Morgan fingerprint density at radius 3 is 2.42 bits per heavy atom. The predicted molar refractivity (Wildman–Crippen MR) is 127 cm³/mol. The topological polar surface area (TPSA) is 76.7 Å². The van der Waals surface area contributed by atoms with Gasteiger partial charge in [-0.1, -0.05) is 66.2 Å². The summed E-state index contributed by atoms with van der Waals surface area (Å²) in [5, 5.41) is 14.3. The van der Waals surface area contributed by atoms with Crippen molar-refractivity contribution in [2.45, 2.75) is 6.61 Å². The number of ether oxygens (including phenoxy) is 1. The van der Waals surface area contributed by atoms with Gasteiger partial charge >= 0.3 is 5.97 Å². The van der Waals surface area contributed by atoms with Gasteiger partial charge in [0.25, 0.3) is 0 Å². The molecule has 7 heteroatoms. The maximum atomic E-state index is 11.6. The lowest BCUT2D eigenvalue weighted by molar-refractivity contribution is 0.0690. The molecule has 3 aromatic carbocycles. The third-order valence-electron chi connectivity index (χ3n) is 5.19. The van der Waals surface area contributed by atoms with Gasteiger partial charge in [-0.25, -0.2) is 14.3 Å². The van der Waals surface area contributed by atoms with E-state index < -0.39 is 5.97 Å². The number of halogens is 1. The normalized spacial score (nSPS) is 10.9. The zero-order chi connectivity index (χ0) is 22.8. The van der Waals surface area contributed by atoms with Gasteiger partial charge in [0.15, 0.2) is 11.3 Å². The van der Waals surface area contributed by atoms with E-state index in [1.54, 1.807) is 12.1 Å². The van der Waals surface area contributed by atoms with Crippen molar-refractivity contribution in [3.05, 3.63) is 107 Å². The fourth-order valence-corrected chi connectivity index (χ4v) is 3.71. The van der Waals surface area contributed by atoms with Crippen molar-refractivity contribution in [1.29, 1.82) is 0 Å². The van der Waals surface area contributed by atoms with Gasteiger partial charge < -0.3 is 9.84 Å². The third-order valence-corrected chi connectivity index (χ3v) is 5.44. The van der Waals surface area contributed by atoms with Gasteiger partial charge in [0.05, 0.1) is 11.4 Å². The lowest BCUT2D eigenvalue weighted by Crippen LogP contribution is -2.02. The van der Waals surface area contributed by atoms with Crippen LogP contribution in [0.25, 0.3) is 28.2 Å². The number of para-hydroxylation sites is 1. The molecule has 162 valence electrons. The number of carboxylic acids is 1. The maximum absolute atomic E-state index is 11.6. The van der Waals surface area contributed by atoms with E-state index in [2.05, 4.69) is 5.10 Å². The van der Waals surface area contributed by atoms with Crippen LogP contribution in [0.3, 0.4) is 0 Å².